The minimum Gasteiger partial charge on any atom is -0.313 e. The second kappa shape index (κ2) is 9.17. The van der Waals surface area contributed by atoms with Crippen molar-refractivity contribution in [3.05, 3.63) is 33.3 Å². The van der Waals surface area contributed by atoms with Crippen LogP contribution < -0.4 is 5.32 Å². The first-order chi connectivity index (χ1) is 10.2. The minimum absolute atomic E-state index is 0.571. The van der Waals surface area contributed by atoms with Crippen LogP contribution in [0.5, 0.6) is 0 Å². The van der Waals surface area contributed by atoms with Gasteiger partial charge in [0.25, 0.3) is 0 Å². The molecule has 118 valence electrons. The van der Waals surface area contributed by atoms with Crippen LogP contribution in [0, 0.1) is 5.92 Å². The smallest absolute Gasteiger partial charge is 0.0449 e. The highest BCUT2D eigenvalue weighted by Gasteiger charge is 2.23. The van der Waals surface area contributed by atoms with Crippen LogP contribution in [0.1, 0.15) is 57.4 Å². The zero-order chi connectivity index (χ0) is 15.1. The van der Waals surface area contributed by atoms with Gasteiger partial charge in [0.05, 0.1) is 0 Å². The van der Waals surface area contributed by atoms with E-state index in [1.807, 2.05) is 6.07 Å². The van der Waals surface area contributed by atoms with Crippen molar-refractivity contribution in [1.29, 1.82) is 0 Å². The SMILES string of the molecule is CCCNC(Cc1ccc(Br)cc1Cl)C1CCCCCC1. The molecule has 1 fully saturated rings. The number of hydrogen-bond acceptors (Lipinski definition) is 1. The molecule has 0 amide bonds. The summed E-state index contributed by atoms with van der Waals surface area (Å²) in [4.78, 5) is 0. The largest absolute Gasteiger partial charge is 0.313 e. The third kappa shape index (κ3) is 5.58. The summed E-state index contributed by atoms with van der Waals surface area (Å²) in [5.41, 5.74) is 1.28. The van der Waals surface area contributed by atoms with E-state index in [0.717, 1.165) is 28.4 Å². The minimum atomic E-state index is 0.571. The van der Waals surface area contributed by atoms with Gasteiger partial charge in [0.2, 0.25) is 0 Å². The van der Waals surface area contributed by atoms with E-state index in [1.54, 1.807) is 0 Å². The number of nitrogens with one attached hydrogen (secondary N) is 1. The highest BCUT2D eigenvalue weighted by atomic mass is 79.9. The number of hydrogen-bond donors (Lipinski definition) is 1. The molecule has 1 aliphatic rings. The van der Waals surface area contributed by atoms with Crippen LogP contribution in [0.25, 0.3) is 0 Å². The van der Waals surface area contributed by atoms with Crippen molar-refractivity contribution in [2.75, 3.05) is 6.54 Å². The summed E-state index contributed by atoms with van der Waals surface area (Å²) in [5, 5.41) is 4.68. The molecule has 0 radical (unpaired) electrons. The summed E-state index contributed by atoms with van der Waals surface area (Å²) in [5.74, 6) is 0.804. The molecule has 0 bridgehead atoms. The Hall–Kier alpha value is -0.0500. The maximum atomic E-state index is 6.42. The second-order valence-corrected chi connectivity index (χ2v) is 7.57. The van der Waals surface area contributed by atoms with Gasteiger partial charge in [-0.1, -0.05) is 66.2 Å². The van der Waals surface area contributed by atoms with Crippen LogP contribution in [0.4, 0.5) is 0 Å². The summed E-state index contributed by atoms with van der Waals surface area (Å²) in [6, 6.07) is 6.86. The third-order valence-corrected chi connectivity index (χ3v) is 5.43. The Labute approximate surface area is 143 Å². The van der Waals surface area contributed by atoms with Crippen molar-refractivity contribution in [3.8, 4) is 0 Å². The van der Waals surface area contributed by atoms with E-state index >= 15 is 0 Å². The van der Waals surface area contributed by atoms with Gasteiger partial charge >= 0.3 is 0 Å². The maximum Gasteiger partial charge on any atom is 0.0449 e. The molecule has 0 saturated heterocycles. The van der Waals surface area contributed by atoms with Crippen LogP contribution in [-0.2, 0) is 6.42 Å². The first kappa shape index (κ1) is 17.3. The third-order valence-electron chi connectivity index (χ3n) is 4.58. The highest BCUT2D eigenvalue weighted by Crippen LogP contribution is 2.29. The summed E-state index contributed by atoms with van der Waals surface area (Å²) in [6.07, 6.45) is 10.6. The van der Waals surface area contributed by atoms with Crippen LogP contribution in [0.3, 0.4) is 0 Å². The molecule has 0 heterocycles. The van der Waals surface area contributed by atoms with Crippen LogP contribution in [0.2, 0.25) is 5.02 Å². The van der Waals surface area contributed by atoms with Gasteiger partial charge in [-0.25, -0.2) is 0 Å². The molecule has 2 rings (SSSR count). The maximum absolute atomic E-state index is 6.42. The summed E-state index contributed by atoms with van der Waals surface area (Å²) < 4.78 is 1.06. The molecule has 1 unspecified atom stereocenters. The lowest BCUT2D eigenvalue weighted by molar-refractivity contribution is 0.317. The molecular formula is C18H27BrClN. The molecule has 0 spiro atoms. The highest BCUT2D eigenvalue weighted by molar-refractivity contribution is 9.10. The fourth-order valence-electron chi connectivity index (χ4n) is 3.37. The van der Waals surface area contributed by atoms with Gasteiger partial charge in [-0.2, -0.15) is 0 Å². The first-order valence-electron chi connectivity index (χ1n) is 8.38. The van der Waals surface area contributed by atoms with E-state index in [1.165, 1.54) is 50.5 Å². The van der Waals surface area contributed by atoms with Crippen molar-refractivity contribution in [3.63, 3.8) is 0 Å². The predicted octanol–water partition coefficient (Wildman–Crippen LogP) is 5.98. The van der Waals surface area contributed by atoms with Gasteiger partial charge < -0.3 is 5.32 Å². The first-order valence-corrected chi connectivity index (χ1v) is 9.55. The van der Waals surface area contributed by atoms with Crippen molar-refractivity contribution >= 4 is 27.5 Å². The van der Waals surface area contributed by atoms with Gasteiger partial charge in [0, 0.05) is 15.5 Å². The molecule has 1 saturated carbocycles. The van der Waals surface area contributed by atoms with E-state index in [-0.39, 0.29) is 0 Å². The average molecular weight is 373 g/mol. The molecule has 1 aromatic rings. The molecule has 3 heteroatoms. The monoisotopic (exact) mass is 371 g/mol. The quantitative estimate of drug-likeness (QED) is 0.605. The molecule has 1 N–H and O–H groups in total. The fraction of sp³-hybridized carbons (Fsp3) is 0.667. The second-order valence-electron chi connectivity index (χ2n) is 6.25. The van der Waals surface area contributed by atoms with Crippen molar-refractivity contribution < 1.29 is 0 Å². The lowest BCUT2D eigenvalue weighted by atomic mass is 9.87. The molecule has 0 aromatic heterocycles. The molecule has 1 nitrogen and oxygen atoms in total. The normalized spacial score (nSPS) is 18.4. The summed E-state index contributed by atoms with van der Waals surface area (Å²) in [6.45, 7) is 3.35. The molecule has 21 heavy (non-hydrogen) atoms. The topological polar surface area (TPSA) is 12.0 Å². The number of halogens is 2. The van der Waals surface area contributed by atoms with E-state index in [4.69, 9.17) is 11.6 Å². The zero-order valence-corrected chi connectivity index (χ0v) is 15.3. The Balaban J connectivity index is 2.07. The lowest BCUT2D eigenvalue weighted by Crippen LogP contribution is -2.38. The summed E-state index contributed by atoms with van der Waals surface area (Å²) >= 11 is 9.91. The average Bonchev–Trinajstić information content (AvgIpc) is 2.74. The van der Waals surface area contributed by atoms with Crippen LogP contribution >= 0.6 is 27.5 Å². The molecule has 1 atom stereocenters. The van der Waals surface area contributed by atoms with Crippen molar-refractivity contribution in [2.24, 2.45) is 5.92 Å². The Morgan fingerprint density at radius 1 is 1.24 bits per heavy atom. The molecular weight excluding hydrogens is 346 g/mol. The van der Waals surface area contributed by atoms with Gasteiger partial charge in [-0.3, -0.25) is 0 Å². The Bertz CT molecular complexity index is 427. The van der Waals surface area contributed by atoms with E-state index < -0.39 is 0 Å². The fourth-order valence-corrected chi connectivity index (χ4v) is 4.12. The van der Waals surface area contributed by atoms with Crippen molar-refractivity contribution in [2.45, 2.75) is 64.3 Å². The zero-order valence-electron chi connectivity index (χ0n) is 13.0. The number of benzene rings is 1. The van der Waals surface area contributed by atoms with E-state index in [0.29, 0.717) is 6.04 Å². The summed E-state index contributed by atoms with van der Waals surface area (Å²) in [7, 11) is 0. The van der Waals surface area contributed by atoms with Crippen LogP contribution in [-0.4, -0.2) is 12.6 Å². The van der Waals surface area contributed by atoms with E-state index in [9.17, 15) is 0 Å². The van der Waals surface area contributed by atoms with Crippen molar-refractivity contribution in [1.82, 2.24) is 5.32 Å². The Morgan fingerprint density at radius 3 is 2.57 bits per heavy atom. The van der Waals surface area contributed by atoms with E-state index in [2.05, 4.69) is 40.3 Å². The molecule has 1 aliphatic carbocycles. The number of rotatable bonds is 6. The lowest BCUT2D eigenvalue weighted by Gasteiger charge is -2.28. The van der Waals surface area contributed by atoms with Gasteiger partial charge in [-0.15, -0.1) is 0 Å². The van der Waals surface area contributed by atoms with Crippen LogP contribution in [0.15, 0.2) is 22.7 Å². The Morgan fingerprint density at radius 2 is 1.95 bits per heavy atom. The molecule has 0 aliphatic heterocycles. The molecule has 1 aromatic carbocycles. The predicted molar refractivity (Wildman–Crippen MR) is 96.1 cm³/mol. The van der Waals surface area contributed by atoms with Gasteiger partial charge in [-0.05, 0) is 55.8 Å². The van der Waals surface area contributed by atoms with Gasteiger partial charge in [0.15, 0.2) is 0 Å². The Kier molecular flexibility index (Phi) is 7.56. The standard InChI is InChI=1S/C18H27BrClN/c1-2-11-21-18(14-7-5-3-4-6-8-14)12-15-9-10-16(19)13-17(15)20/h9-10,13-14,18,21H,2-8,11-12H2,1H3. The van der Waals surface area contributed by atoms with Gasteiger partial charge in [0.1, 0.15) is 0 Å².